The number of carbonyl (C=O) groups is 1. The highest BCUT2D eigenvalue weighted by Gasteiger charge is 2.07. The molecule has 74 valence electrons. The summed E-state index contributed by atoms with van der Waals surface area (Å²) in [6, 6.07) is 3.76. The normalized spacial score (nSPS) is 9.57. The number of nitrogens with two attached hydrogens (primary N) is 2. The van der Waals surface area contributed by atoms with Gasteiger partial charge in [0.05, 0.1) is 4.47 Å². The Morgan fingerprint density at radius 2 is 2.07 bits per heavy atom. The molecule has 1 aromatic rings. The van der Waals surface area contributed by atoms with Gasteiger partial charge in [-0.25, -0.2) is 4.39 Å². The van der Waals surface area contributed by atoms with Crippen molar-refractivity contribution < 1.29 is 9.18 Å². The first-order chi connectivity index (χ1) is 6.50. The zero-order chi connectivity index (χ0) is 10.7. The Kier molecular flexibility index (Phi) is 3.19. The lowest BCUT2D eigenvalue weighted by molar-refractivity contribution is 0.100. The number of amides is 1. The lowest BCUT2D eigenvalue weighted by Crippen LogP contribution is -2.24. The highest BCUT2D eigenvalue weighted by molar-refractivity contribution is 9.10. The molecule has 0 saturated heterocycles. The molecule has 0 aliphatic carbocycles. The highest BCUT2D eigenvalue weighted by atomic mass is 79.9. The minimum atomic E-state index is -0.606. The van der Waals surface area contributed by atoms with Crippen LogP contribution in [0.5, 0.6) is 0 Å². The maximum absolute atomic E-state index is 12.8. The van der Waals surface area contributed by atoms with E-state index >= 15 is 0 Å². The fraction of sp³-hybridized carbons (Fsp3) is 0. The van der Waals surface area contributed by atoms with Crippen molar-refractivity contribution in [2.45, 2.75) is 0 Å². The number of hydrogen-bond donors (Lipinski definition) is 2. The number of benzene rings is 1. The van der Waals surface area contributed by atoms with Crippen molar-refractivity contribution in [1.29, 1.82) is 0 Å². The number of hydrogen-bond acceptors (Lipinski definition) is 1. The monoisotopic (exact) mass is 259 g/mol. The number of nitrogens with zero attached hydrogens (tertiary/aromatic N) is 1. The fourth-order valence-corrected chi connectivity index (χ4v) is 1.19. The van der Waals surface area contributed by atoms with Crippen LogP contribution in [0.3, 0.4) is 0 Å². The van der Waals surface area contributed by atoms with Gasteiger partial charge in [0.25, 0.3) is 5.91 Å². The molecule has 1 amide bonds. The van der Waals surface area contributed by atoms with E-state index in [1.807, 2.05) is 0 Å². The fourth-order valence-electron chi connectivity index (χ4n) is 0.811. The van der Waals surface area contributed by atoms with Crippen LogP contribution in [0.2, 0.25) is 0 Å². The van der Waals surface area contributed by atoms with Gasteiger partial charge in [0.2, 0.25) is 0 Å². The van der Waals surface area contributed by atoms with E-state index in [0.29, 0.717) is 0 Å². The second-order valence-electron chi connectivity index (χ2n) is 2.47. The quantitative estimate of drug-likeness (QED) is 0.583. The van der Waals surface area contributed by atoms with Crippen LogP contribution < -0.4 is 11.5 Å². The summed E-state index contributed by atoms with van der Waals surface area (Å²) in [7, 11) is 0. The smallest absolute Gasteiger partial charge is 0.280 e. The average Bonchev–Trinajstić information content (AvgIpc) is 2.08. The van der Waals surface area contributed by atoms with Crippen molar-refractivity contribution >= 4 is 27.8 Å². The SMILES string of the molecule is NC(N)=NC(=O)c1ccc(F)c(Br)c1. The van der Waals surface area contributed by atoms with Gasteiger partial charge >= 0.3 is 0 Å². The molecule has 14 heavy (non-hydrogen) atoms. The van der Waals surface area contributed by atoms with Gasteiger partial charge in [-0.2, -0.15) is 4.99 Å². The standard InChI is InChI=1S/C8H7BrFN3O/c9-5-3-4(1-2-6(5)10)7(14)13-8(11)12/h1-3H,(H4,11,12,13,14). The molecule has 0 aliphatic rings. The Morgan fingerprint density at radius 1 is 1.43 bits per heavy atom. The molecule has 0 radical (unpaired) electrons. The van der Waals surface area contributed by atoms with E-state index in [-0.39, 0.29) is 16.0 Å². The van der Waals surface area contributed by atoms with Gasteiger partial charge in [-0.05, 0) is 34.1 Å². The predicted octanol–water partition coefficient (Wildman–Crippen LogP) is 1.00. The molecule has 0 saturated carbocycles. The van der Waals surface area contributed by atoms with Gasteiger partial charge in [0.1, 0.15) is 5.82 Å². The molecule has 0 bridgehead atoms. The molecule has 1 rings (SSSR count). The molecule has 0 fully saturated rings. The van der Waals surface area contributed by atoms with Crippen LogP contribution in [0.4, 0.5) is 4.39 Å². The number of halogens is 2. The Labute approximate surface area is 87.9 Å². The van der Waals surface area contributed by atoms with E-state index < -0.39 is 11.7 Å². The summed E-state index contributed by atoms with van der Waals surface area (Å²) in [4.78, 5) is 14.5. The molecule has 4 N–H and O–H groups in total. The van der Waals surface area contributed by atoms with E-state index in [0.717, 1.165) is 6.07 Å². The molecule has 4 nitrogen and oxygen atoms in total. The van der Waals surface area contributed by atoms with Crippen LogP contribution in [0.15, 0.2) is 27.7 Å². The summed E-state index contributed by atoms with van der Waals surface area (Å²) in [5, 5.41) is 0. The number of aliphatic imine (C=N–C) groups is 1. The zero-order valence-electron chi connectivity index (χ0n) is 7.00. The summed E-state index contributed by atoms with van der Waals surface area (Å²) >= 11 is 2.94. The van der Waals surface area contributed by atoms with Crippen LogP contribution in [0.25, 0.3) is 0 Å². The van der Waals surface area contributed by atoms with Gasteiger partial charge in [-0.1, -0.05) is 0 Å². The second kappa shape index (κ2) is 4.19. The molecule has 0 heterocycles. The molecule has 0 aliphatic heterocycles. The van der Waals surface area contributed by atoms with E-state index in [2.05, 4.69) is 20.9 Å². The largest absolute Gasteiger partial charge is 0.370 e. The molecule has 6 heteroatoms. The summed E-state index contributed by atoms with van der Waals surface area (Å²) in [6.07, 6.45) is 0. The zero-order valence-corrected chi connectivity index (χ0v) is 8.58. The first kappa shape index (κ1) is 10.6. The lowest BCUT2D eigenvalue weighted by atomic mass is 10.2. The number of guanidine groups is 1. The van der Waals surface area contributed by atoms with E-state index in [4.69, 9.17) is 11.5 Å². The molecular weight excluding hydrogens is 253 g/mol. The van der Waals surface area contributed by atoms with Crippen LogP contribution in [0, 0.1) is 5.82 Å². The third-order valence-electron chi connectivity index (χ3n) is 1.40. The van der Waals surface area contributed by atoms with Crippen LogP contribution in [-0.4, -0.2) is 11.9 Å². The summed E-state index contributed by atoms with van der Waals surface area (Å²) in [6.45, 7) is 0. The Balaban J connectivity index is 3.03. The topological polar surface area (TPSA) is 81.5 Å². The number of rotatable bonds is 1. The average molecular weight is 260 g/mol. The Hall–Kier alpha value is -1.43. The Morgan fingerprint density at radius 3 is 2.57 bits per heavy atom. The van der Waals surface area contributed by atoms with Crippen molar-refractivity contribution in [2.75, 3.05) is 0 Å². The third kappa shape index (κ3) is 2.53. The summed E-state index contributed by atoms with van der Waals surface area (Å²) in [5.74, 6) is -1.38. The summed E-state index contributed by atoms with van der Waals surface area (Å²) in [5.41, 5.74) is 10.3. The van der Waals surface area contributed by atoms with Crippen molar-refractivity contribution in [3.63, 3.8) is 0 Å². The van der Waals surface area contributed by atoms with E-state index in [1.54, 1.807) is 0 Å². The lowest BCUT2D eigenvalue weighted by Gasteiger charge is -1.98. The summed E-state index contributed by atoms with van der Waals surface area (Å²) < 4.78 is 13.0. The first-order valence-electron chi connectivity index (χ1n) is 3.59. The predicted molar refractivity (Wildman–Crippen MR) is 54.2 cm³/mol. The maximum Gasteiger partial charge on any atom is 0.280 e. The van der Waals surface area contributed by atoms with Crippen molar-refractivity contribution in [3.8, 4) is 0 Å². The minimum Gasteiger partial charge on any atom is -0.370 e. The van der Waals surface area contributed by atoms with Gasteiger partial charge in [-0.3, -0.25) is 4.79 Å². The van der Waals surface area contributed by atoms with Gasteiger partial charge in [0, 0.05) is 5.56 Å². The van der Waals surface area contributed by atoms with Crippen LogP contribution in [0.1, 0.15) is 10.4 Å². The Bertz CT molecular complexity index is 402. The van der Waals surface area contributed by atoms with E-state index in [9.17, 15) is 9.18 Å². The molecule has 0 aromatic heterocycles. The second-order valence-corrected chi connectivity index (χ2v) is 3.33. The van der Waals surface area contributed by atoms with E-state index in [1.165, 1.54) is 12.1 Å². The minimum absolute atomic E-state index is 0.189. The van der Waals surface area contributed by atoms with Crippen molar-refractivity contribution in [3.05, 3.63) is 34.1 Å². The van der Waals surface area contributed by atoms with Gasteiger partial charge in [-0.15, -0.1) is 0 Å². The highest BCUT2D eigenvalue weighted by Crippen LogP contribution is 2.17. The molecule has 1 aromatic carbocycles. The maximum atomic E-state index is 12.8. The van der Waals surface area contributed by atoms with Crippen molar-refractivity contribution in [2.24, 2.45) is 16.5 Å². The van der Waals surface area contributed by atoms with Crippen LogP contribution >= 0.6 is 15.9 Å². The number of carbonyl (C=O) groups excluding carboxylic acids is 1. The molecule has 0 unspecified atom stereocenters. The van der Waals surface area contributed by atoms with Gasteiger partial charge < -0.3 is 11.5 Å². The van der Waals surface area contributed by atoms with Crippen molar-refractivity contribution in [1.82, 2.24) is 0 Å². The van der Waals surface area contributed by atoms with Gasteiger partial charge in [0.15, 0.2) is 5.96 Å². The third-order valence-corrected chi connectivity index (χ3v) is 2.00. The first-order valence-corrected chi connectivity index (χ1v) is 4.39. The molecule has 0 spiro atoms. The van der Waals surface area contributed by atoms with Crippen LogP contribution in [-0.2, 0) is 0 Å². The molecular formula is C8H7BrFN3O. The molecule has 0 atom stereocenters.